The van der Waals surface area contributed by atoms with E-state index in [-0.39, 0.29) is 0 Å². The molecule has 6 heteroatoms. The normalized spacial score (nSPS) is 29.4. The number of hydrogen-bond acceptors (Lipinski definition) is 4. The maximum Gasteiger partial charge on any atom is 0.306 e. The van der Waals surface area contributed by atoms with Gasteiger partial charge >= 0.3 is 5.69 Å². The van der Waals surface area contributed by atoms with E-state index in [2.05, 4.69) is 17.3 Å². The molecule has 2 aliphatic heterocycles. The van der Waals surface area contributed by atoms with Crippen molar-refractivity contribution in [2.24, 2.45) is 0 Å². The van der Waals surface area contributed by atoms with Crippen LogP contribution in [-0.4, -0.2) is 35.0 Å². The fourth-order valence-corrected chi connectivity index (χ4v) is 3.51. The Balaban J connectivity index is 1.73. The second-order valence-electron chi connectivity index (χ2n) is 5.79. The summed E-state index contributed by atoms with van der Waals surface area (Å²) in [6.07, 6.45) is 4.53. The van der Waals surface area contributed by atoms with Crippen molar-refractivity contribution in [2.45, 2.75) is 43.8 Å². The largest absolute Gasteiger partial charge is 0.382 e. The third kappa shape index (κ3) is 2.35. The monoisotopic (exact) mass is 279 g/mol. The number of anilines is 1. The maximum atomic E-state index is 13.3. The number of hydrogen-bond donors (Lipinski definition) is 1. The molecule has 1 aromatic rings. The van der Waals surface area contributed by atoms with Gasteiger partial charge in [0.05, 0.1) is 4.92 Å². The standard InChI is InChI=1S/C14H18FN3O2/c1-17-11-3-4-12(17)7-10(6-11)16-9-2-5-13(15)14(8-9)18(19)20/h2,5,8,10-12,16H,3-4,6-7H2,1H3. The average Bonchev–Trinajstić information content (AvgIpc) is 2.63. The molecule has 2 heterocycles. The van der Waals surface area contributed by atoms with E-state index in [0.29, 0.717) is 23.8 Å². The summed E-state index contributed by atoms with van der Waals surface area (Å²) >= 11 is 0. The Hall–Kier alpha value is -1.69. The van der Waals surface area contributed by atoms with Gasteiger partial charge in [-0.05, 0) is 44.9 Å². The first-order chi connectivity index (χ1) is 9.54. The molecule has 0 radical (unpaired) electrons. The molecule has 108 valence electrons. The SMILES string of the molecule is CN1C2CCC1CC(Nc1ccc(F)c([N+](=O)[O-])c1)C2. The van der Waals surface area contributed by atoms with E-state index in [0.717, 1.165) is 18.9 Å². The summed E-state index contributed by atoms with van der Waals surface area (Å²) in [4.78, 5) is 12.5. The van der Waals surface area contributed by atoms with Gasteiger partial charge in [0.1, 0.15) is 0 Å². The van der Waals surface area contributed by atoms with Crippen molar-refractivity contribution >= 4 is 11.4 Å². The number of fused-ring (bicyclic) bond motifs is 2. The van der Waals surface area contributed by atoms with Crippen LogP contribution in [0.15, 0.2) is 18.2 Å². The molecule has 0 aromatic heterocycles. The molecule has 2 fully saturated rings. The second-order valence-corrected chi connectivity index (χ2v) is 5.79. The molecular formula is C14H18FN3O2. The summed E-state index contributed by atoms with van der Waals surface area (Å²) < 4.78 is 13.3. The number of halogens is 1. The Kier molecular flexibility index (Phi) is 3.33. The quantitative estimate of drug-likeness (QED) is 0.682. The third-order valence-electron chi connectivity index (χ3n) is 4.61. The van der Waals surface area contributed by atoms with Crippen molar-refractivity contribution in [3.05, 3.63) is 34.1 Å². The maximum absolute atomic E-state index is 13.3. The highest BCUT2D eigenvalue weighted by molar-refractivity contribution is 5.52. The minimum absolute atomic E-state index is 0.314. The molecule has 2 atom stereocenters. The van der Waals surface area contributed by atoms with Gasteiger partial charge in [-0.1, -0.05) is 0 Å². The van der Waals surface area contributed by atoms with E-state index < -0.39 is 16.4 Å². The summed E-state index contributed by atoms with van der Waals surface area (Å²) in [5.41, 5.74) is 0.165. The Bertz CT molecular complexity index is 523. The molecule has 0 amide bonds. The zero-order chi connectivity index (χ0) is 14.3. The molecular weight excluding hydrogens is 261 g/mol. The number of benzene rings is 1. The lowest BCUT2D eigenvalue weighted by Gasteiger charge is -2.37. The number of nitrogens with zero attached hydrogens (tertiary/aromatic N) is 2. The molecule has 20 heavy (non-hydrogen) atoms. The number of nitro benzene ring substituents is 1. The van der Waals surface area contributed by atoms with Crippen LogP contribution in [-0.2, 0) is 0 Å². The van der Waals surface area contributed by atoms with Gasteiger partial charge in [-0.15, -0.1) is 0 Å². The van der Waals surface area contributed by atoms with Crippen LogP contribution in [0.2, 0.25) is 0 Å². The first-order valence-electron chi connectivity index (χ1n) is 6.97. The Morgan fingerprint density at radius 3 is 2.60 bits per heavy atom. The fraction of sp³-hybridized carbons (Fsp3) is 0.571. The van der Waals surface area contributed by atoms with E-state index in [1.807, 2.05) is 0 Å². The average molecular weight is 279 g/mol. The molecule has 1 N–H and O–H groups in total. The van der Waals surface area contributed by atoms with Gasteiger partial charge in [-0.2, -0.15) is 4.39 Å². The highest BCUT2D eigenvalue weighted by atomic mass is 19.1. The summed E-state index contributed by atoms with van der Waals surface area (Å²) in [5, 5.41) is 14.1. The summed E-state index contributed by atoms with van der Waals surface area (Å²) in [7, 11) is 2.17. The summed E-state index contributed by atoms with van der Waals surface area (Å²) in [6.45, 7) is 0. The molecule has 0 spiro atoms. The van der Waals surface area contributed by atoms with Crippen molar-refractivity contribution in [2.75, 3.05) is 12.4 Å². The van der Waals surface area contributed by atoms with Crippen LogP contribution in [0.1, 0.15) is 25.7 Å². The number of nitrogens with one attached hydrogen (secondary N) is 1. The molecule has 1 aromatic carbocycles. The first kappa shape index (κ1) is 13.3. The van der Waals surface area contributed by atoms with Gasteiger partial charge < -0.3 is 10.2 Å². The lowest BCUT2D eigenvalue weighted by Crippen LogP contribution is -2.44. The zero-order valence-electron chi connectivity index (χ0n) is 11.4. The van der Waals surface area contributed by atoms with Crippen LogP contribution in [0.3, 0.4) is 0 Å². The van der Waals surface area contributed by atoms with E-state index in [1.165, 1.54) is 18.9 Å². The fourth-order valence-electron chi connectivity index (χ4n) is 3.51. The Morgan fingerprint density at radius 1 is 1.35 bits per heavy atom. The Labute approximate surface area is 116 Å². The lowest BCUT2D eigenvalue weighted by molar-refractivity contribution is -0.387. The molecule has 0 saturated carbocycles. The van der Waals surface area contributed by atoms with Crippen molar-refractivity contribution in [3.63, 3.8) is 0 Å². The molecule has 5 nitrogen and oxygen atoms in total. The molecule has 0 aliphatic carbocycles. The highest BCUT2D eigenvalue weighted by Gasteiger charge is 2.38. The molecule has 2 unspecified atom stereocenters. The van der Waals surface area contributed by atoms with Crippen molar-refractivity contribution < 1.29 is 9.31 Å². The van der Waals surface area contributed by atoms with Crippen LogP contribution in [0, 0.1) is 15.9 Å². The Morgan fingerprint density at radius 2 is 2.00 bits per heavy atom. The van der Waals surface area contributed by atoms with E-state index >= 15 is 0 Å². The van der Waals surface area contributed by atoms with Crippen molar-refractivity contribution in [3.8, 4) is 0 Å². The van der Waals surface area contributed by atoms with Crippen LogP contribution >= 0.6 is 0 Å². The topological polar surface area (TPSA) is 58.4 Å². The van der Waals surface area contributed by atoms with Gasteiger partial charge in [-0.3, -0.25) is 10.1 Å². The third-order valence-corrected chi connectivity index (χ3v) is 4.61. The smallest absolute Gasteiger partial charge is 0.306 e. The summed E-state index contributed by atoms with van der Waals surface area (Å²) in [5.74, 6) is -0.788. The number of rotatable bonds is 3. The molecule has 3 rings (SSSR count). The van der Waals surface area contributed by atoms with E-state index in [1.54, 1.807) is 6.07 Å². The van der Waals surface area contributed by atoms with Gasteiger partial charge in [-0.25, -0.2) is 0 Å². The zero-order valence-corrected chi connectivity index (χ0v) is 11.4. The van der Waals surface area contributed by atoms with Crippen molar-refractivity contribution in [1.29, 1.82) is 0 Å². The minimum Gasteiger partial charge on any atom is -0.382 e. The second kappa shape index (κ2) is 5.01. The molecule has 2 bridgehead atoms. The van der Waals surface area contributed by atoms with Gasteiger partial charge in [0, 0.05) is 29.9 Å². The molecule has 2 aliphatic rings. The van der Waals surface area contributed by atoms with Gasteiger partial charge in [0.15, 0.2) is 0 Å². The van der Waals surface area contributed by atoms with Crippen LogP contribution in [0.25, 0.3) is 0 Å². The highest BCUT2D eigenvalue weighted by Crippen LogP contribution is 2.35. The predicted octanol–water partition coefficient (Wildman–Crippen LogP) is 2.77. The van der Waals surface area contributed by atoms with E-state index in [9.17, 15) is 14.5 Å². The number of piperidine rings is 1. The molecule has 2 saturated heterocycles. The van der Waals surface area contributed by atoms with E-state index in [4.69, 9.17) is 0 Å². The number of nitro groups is 1. The first-order valence-corrected chi connectivity index (χ1v) is 6.97. The van der Waals surface area contributed by atoms with Crippen LogP contribution < -0.4 is 5.32 Å². The minimum atomic E-state index is -0.788. The summed E-state index contributed by atoms with van der Waals surface area (Å²) in [6, 6.07) is 5.53. The van der Waals surface area contributed by atoms with Crippen LogP contribution in [0.5, 0.6) is 0 Å². The lowest BCUT2D eigenvalue weighted by atomic mass is 9.97. The predicted molar refractivity (Wildman–Crippen MR) is 74.3 cm³/mol. The van der Waals surface area contributed by atoms with Gasteiger partial charge in [0.25, 0.3) is 0 Å². The van der Waals surface area contributed by atoms with Crippen LogP contribution in [0.4, 0.5) is 15.8 Å². The van der Waals surface area contributed by atoms with Gasteiger partial charge in [0.2, 0.25) is 5.82 Å². The van der Waals surface area contributed by atoms with Crippen molar-refractivity contribution in [1.82, 2.24) is 4.90 Å².